The number of furan rings is 1. The van der Waals surface area contributed by atoms with Crippen LogP contribution in [0, 0.1) is 6.92 Å². The molecule has 0 atom stereocenters. The number of aryl methyl sites for hydroxylation is 1. The van der Waals surface area contributed by atoms with Gasteiger partial charge >= 0.3 is 0 Å². The van der Waals surface area contributed by atoms with Gasteiger partial charge in [0.15, 0.2) is 0 Å². The summed E-state index contributed by atoms with van der Waals surface area (Å²) in [7, 11) is 0. The van der Waals surface area contributed by atoms with Gasteiger partial charge in [0, 0.05) is 10.0 Å². The third kappa shape index (κ3) is 2.30. The van der Waals surface area contributed by atoms with E-state index in [9.17, 15) is 0 Å². The molecular weight excluding hydrogens is 254 g/mol. The van der Waals surface area contributed by atoms with Crippen molar-refractivity contribution >= 4 is 15.9 Å². The molecule has 2 nitrogen and oxygen atoms in total. The van der Waals surface area contributed by atoms with Crippen LogP contribution in [0.4, 0.5) is 0 Å². The van der Waals surface area contributed by atoms with Gasteiger partial charge in [-0.25, -0.2) is 0 Å². The van der Waals surface area contributed by atoms with Gasteiger partial charge < -0.3 is 10.2 Å². The predicted molar refractivity (Wildman–Crippen MR) is 64.5 cm³/mol. The molecule has 0 aliphatic heterocycles. The van der Waals surface area contributed by atoms with Crippen LogP contribution in [0.1, 0.15) is 11.3 Å². The Kier molecular flexibility index (Phi) is 2.93. The molecule has 0 saturated carbocycles. The molecule has 1 aromatic heterocycles. The minimum atomic E-state index is 0.437. The van der Waals surface area contributed by atoms with Crippen LogP contribution >= 0.6 is 15.9 Å². The second kappa shape index (κ2) is 4.21. The molecule has 78 valence electrons. The molecule has 0 bridgehead atoms. The molecule has 0 aliphatic carbocycles. The van der Waals surface area contributed by atoms with Crippen molar-refractivity contribution in [2.24, 2.45) is 5.73 Å². The average molecular weight is 266 g/mol. The molecule has 0 radical (unpaired) electrons. The summed E-state index contributed by atoms with van der Waals surface area (Å²) in [5.74, 6) is 1.67. The highest BCUT2D eigenvalue weighted by molar-refractivity contribution is 9.10. The first-order valence-corrected chi connectivity index (χ1v) is 5.54. The van der Waals surface area contributed by atoms with Crippen LogP contribution in [0.3, 0.4) is 0 Å². The normalized spacial score (nSPS) is 10.6. The Bertz CT molecular complexity index is 456. The molecule has 0 fully saturated rings. The number of nitrogens with two attached hydrogens (primary N) is 1. The topological polar surface area (TPSA) is 39.2 Å². The average Bonchev–Trinajstić information content (AvgIpc) is 2.64. The van der Waals surface area contributed by atoms with Crippen LogP contribution in [0.5, 0.6) is 0 Å². The SMILES string of the molecule is Cc1cc(Br)cc(-c2ccc(CN)o2)c1. The van der Waals surface area contributed by atoms with Gasteiger partial charge in [-0.1, -0.05) is 15.9 Å². The molecule has 3 heteroatoms. The molecule has 1 aromatic carbocycles. The summed E-state index contributed by atoms with van der Waals surface area (Å²) >= 11 is 3.47. The molecular formula is C12H12BrNO. The van der Waals surface area contributed by atoms with Gasteiger partial charge in [-0.3, -0.25) is 0 Å². The zero-order chi connectivity index (χ0) is 10.8. The third-order valence-corrected chi connectivity index (χ3v) is 2.65. The first-order chi connectivity index (χ1) is 7.19. The Hall–Kier alpha value is -1.06. The minimum Gasteiger partial charge on any atom is -0.460 e. The van der Waals surface area contributed by atoms with E-state index in [2.05, 4.69) is 35.0 Å². The van der Waals surface area contributed by atoms with E-state index >= 15 is 0 Å². The van der Waals surface area contributed by atoms with Gasteiger partial charge in [0.1, 0.15) is 11.5 Å². The maximum absolute atomic E-state index is 5.58. The van der Waals surface area contributed by atoms with E-state index in [4.69, 9.17) is 10.2 Å². The van der Waals surface area contributed by atoms with Crippen molar-refractivity contribution in [2.45, 2.75) is 13.5 Å². The number of hydrogen-bond acceptors (Lipinski definition) is 2. The van der Waals surface area contributed by atoms with Crippen molar-refractivity contribution in [3.05, 3.63) is 46.1 Å². The van der Waals surface area contributed by atoms with Crippen molar-refractivity contribution < 1.29 is 4.42 Å². The van der Waals surface area contributed by atoms with Crippen molar-refractivity contribution in [3.8, 4) is 11.3 Å². The molecule has 0 amide bonds. The maximum Gasteiger partial charge on any atom is 0.134 e. The molecule has 0 saturated heterocycles. The summed E-state index contributed by atoms with van der Waals surface area (Å²) in [4.78, 5) is 0. The van der Waals surface area contributed by atoms with E-state index in [1.807, 2.05) is 18.2 Å². The molecule has 15 heavy (non-hydrogen) atoms. The van der Waals surface area contributed by atoms with E-state index in [0.29, 0.717) is 6.54 Å². The highest BCUT2D eigenvalue weighted by Crippen LogP contribution is 2.26. The van der Waals surface area contributed by atoms with Crippen LogP contribution in [0.25, 0.3) is 11.3 Å². The van der Waals surface area contributed by atoms with Gasteiger partial charge in [0.25, 0.3) is 0 Å². The lowest BCUT2D eigenvalue weighted by Crippen LogP contribution is -1.92. The summed E-state index contributed by atoms with van der Waals surface area (Å²) in [6.45, 7) is 2.49. The van der Waals surface area contributed by atoms with Gasteiger partial charge in [-0.15, -0.1) is 0 Å². The fraction of sp³-hybridized carbons (Fsp3) is 0.167. The number of benzene rings is 1. The summed E-state index contributed by atoms with van der Waals surface area (Å²) in [5, 5.41) is 0. The molecule has 0 spiro atoms. The lowest BCUT2D eigenvalue weighted by atomic mass is 10.1. The predicted octanol–water partition coefficient (Wildman–Crippen LogP) is 3.48. The van der Waals surface area contributed by atoms with Crippen molar-refractivity contribution in [3.63, 3.8) is 0 Å². The molecule has 0 unspecified atom stereocenters. The third-order valence-electron chi connectivity index (χ3n) is 2.19. The number of hydrogen-bond donors (Lipinski definition) is 1. The van der Waals surface area contributed by atoms with E-state index in [0.717, 1.165) is 21.6 Å². The summed E-state index contributed by atoms with van der Waals surface area (Å²) in [5.41, 5.74) is 7.77. The van der Waals surface area contributed by atoms with Gasteiger partial charge in [0.05, 0.1) is 6.54 Å². The fourth-order valence-corrected chi connectivity index (χ4v) is 2.13. The minimum absolute atomic E-state index is 0.437. The molecule has 2 rings (SSSR count). The fourth-order valence-electron chi connectivity index (χ4n) is 1.52. The summed E-state index contributed by atoms with van der Waals surface area (Å²) in [6, 6.07) is 10.0. The Labute approximate surface area is 97.2 Å². The number of rotatable bonds is 2. The van der Waals surface area contributed by atoms with Crippen molar-refractivity contribution in [1.29, 1.82) is 0 Å². The van der Waals surface area contributed by atoms with Crippen LogP contribution in [-0.4, -0.2) is 0 Å². The van der Waals surface area contributed by atoms with Crippen LogP contribution in [0.2, 0.25) is 0 Å². The van der Waals surface area contributed by atoms with Gasteiger partial charge in [-0.05, 0) is 42.8 Å². The maximum atomic E-state index is 5.58. The summed E-state index contributed by atoms with van der Waals surface area (Å²) < 4.78 is 6.64. The first kappa shape index (κ1) is 10.5. The van der Waals surface area contributed by atoms with Crippen LogP contribution in [-0.2, 0) is 6.54 Å². The van der Waals surface area contributed by atoms with E-state index < -0.39 is 0 Å². The number of halogens is 1. The zero-order valence-corrected chi connectivity index (χ0v) is 10.0. The molecule has 1 heterocycles. The smallest absolute Gasteiger partial charge is 0.134 e. The van der Waals surface area contributed by atoms with Crippen LogP contribution in [0.15, 0.2) is 39.2 Å². The lowest BCUT2D eigenvalue weighted by Gasteiger charge is -2.00. The van der Waals surface area contributed by atoms with Crippen molar-refractivity contribution in [1.82, 2.24) is 0 Å². The molecule has 2 aromatic rings. The second-order valence-corrected chi connectivity index (χ2v) is 4.40. The highest BCUT2D eigenvalue weighted by atomic mass is 79.9. The standard InChI is InChI=1S/C12H12BrNO/c1-8-4-9(6-10(13)5-8)12-3-2-11(7-14)15-12/h2-6H,7,14H2,1H3. The monoisotopic (exact) mass is 265 g/mol. The largest absolute Gasteiger partial charge is 0.460 e. The molecule has 0 aliphatic rings. The van der Waals surface area contributed by atoms with E-state index in [1.54, 1.807) is 0 Å². The zero-order valence-electron chi connectivity index (χ0n) is 8.46. The Morgan fingerprint density at radius 1 is 1.27 bits per heavy atom. The van der Waals surface area contributed by atoms with Gasteiger partial charge in [0.2, 0.25) is 0 Å². The summed E-state index contributed by atoms with van der Waals surface area (Å²) in [6.07, 6.45) is 0. The van der Waals surface area contributed by atoms with Gasteiger partial charge in [-0.2, -0.15) is 0 Å². The Morgan fingerprint density at radius 2 is 2.07 bits per heavy atom. The highest BCUT2D eigenvalue weighted by Gasteiger charge is 2.04. The Balaban J connectivity index is 2.44. The Morgan fingerprint density at radius 3 is 2.67 bits per heavy atom. The second-order valence-electron chi connectivity index (χ2n) is 3.49. The van der Waals surface area contributed by atoms with E-state index in [1.165, 1.54) is 5.56 Å². The molecule has 2 N–H and O–H groups in total. The quantitative estimate of drug-likeness (QED) is 0.903. The van der Waals surface area contributed by atoms with Crippen LogP contribution < -0.4 is 5.73 Å². The van der Waals surface area contributed by atoms with Crippen molar-refractivity contribution in [2.75, 3.05) is 0 Å². The lowest BCUT2D eigenvalue weighted by molar-refractivity contribution is 0.525. The van der Waals surface area contributed by atoms with E-state index in [-0.39, 0.29) is 0 Å². The first-order valence-electron chi connectivity index (χ1n) is 4.75.